The van der Waals surface area contributed by atoms with E-state index < -0.39 is 0 Å². The lowest BCUT2D eigenvalue weighted by molar-refractivity contribution is 0.957. The predicted molar refractivity (Wildman–Crippen MR) is 204 cm³/mol. The Kier molecular flexibility index (Phi) is 5.57. The average molecular weight is 641 g/mol. The van der Waals surface area contributed by atoms with Crippen molar-refractivity contribution in [3.8, 4) is 23.0 Å². The van der Waals surface area contributed by atoms with Crippen LogP contribution in [0.25, 0.3) is 88.7 Å². The second-order valence-corrected chi connectivity index (χ2v) is 12.7. The lowest BCUT2D eigenvalue weighted by Crippen LogP contribution is -2.07. The van der Waals surface area contributed by atoms with Crippen LogP contribution in [0.4, 0.5) is 0 Å². The van der Waals surface area contributed by atoms with Crippen molar-refractivity contribution >= 4 is 65.7 Å². The first-order valence-electron chi connectivity index (χ1n) is 16.9. The molecule has 0 bridgehead atoms. The van der Waals surface area contributed by atoms with E-state index in [1.165, 1.54) is 32.3 Å². The van der Waals surface area contributed by atoms with Gasteiger partial charge in [-0.05, 0) is 48.5 Å². The molecule has 0 amide bonds. The van der Waals surface area contributed by atoms with Crippen LogP contribution in [0.15, 0.2) is 170 Å². The standard InChI is InChI=1S/C44H28N6/c1-3-15-29(16-4-1)47-35-23-11-7-19-31(35)41-33-21-9-13-25-37(33)49(43(41)47)39-27-46-40(28-45-39)50-38-26-14-10-22-34(38)42-32-20-8-12-24-36(32)48(44(42)50)30-17-5-2-6-18-30/h1-28H. The van der Waals surface area contributed by atoms with Gasteiger partial charge < -0.3 is 0 Å². The summed E-state index contributed by atoms with van der Waals surface area (Å²) in [7, 11) is 0. The van der Waals surface area contributed by atoms with Gasteiger partial charge in [0.2, 0.25) is 0 Å². The van der Waals surface area contributed by atoms with E-state index in [-0.39, 0.29) is 0 Å². The Balaban J connectivity index is 1.21. The Morgan fingerprint density at radius 1 is 0.300 bits per heavy atom. The summed E-state index contributed by atoms with van der Waals surface area (Å²) >= 11 is 0. The Morgan fingerprint density at radius 2 is 0.600 bits per heavy atom. The van der Waals surface area contributed by atoms with Crippen LogP contribution in [-0.2, 0) is 0 Å². The van der Waals surface area contributed by atoms with Crippen LogP contribution in [0.1, 0.15) is 0 Å². The highest BCUT2D eigenvalue weighted by molar-refractivity contribution is 6.23. The van der Waals surface area contributed by atoms with Crippen molar-refractivity contribution < 1.29 is 0 Å². The van der Waals surface area contributed by atoms with Crippen LogP contribution in [-0.4, -0.2) is 28.2 Å². The smallest absolute Gasteiger partial charge is 0.157 e. The first kappa shape index (κ1) is 27.1. The lowest BCUT2D eigenvalue weighted by atomic mass is 10.1. The molecule has 0 aliphatic heterocycles. The largest absolute Gasteiger partial charge is 0.295 e. The zero-order chi connectivity index (χ0) is 32.8. The normalized spacial score (nSPS) is 12.0. The Labute approximate surface area is 286 Å². The average Bonchev–Trinajstić information content (AvgIpc) is 3.90. The van der Waals surface area contributed by atoms with Crippen molar-refractivity contribution in [1.29, 1.82) is 0 Å². The van der Waals surface area contributed by atoms with Gasteiger partial charge in [-0.1, -0.05) is 109 Å². The molecule has 6 nitrogen and oxygen atoms in total. The molecule has 11 rings (SSSR count). The molecule has 5 heterocycles. The van der Waals surface area contributed by atoms with E-state index in [0.717, 1.165) is 56.4 Å². The number of hydrogen-bond donors (Lipinski definition) is 0. The topological polar surface area (TPSA) is 45.5 Å². The number of nitrogens with zero attached hydrogens (tertiary/aromatic N) is 6. The van der Waals surface area contributed by atoms with E-state index in [1.807, 2.05) is 12.4 Å². The fourth-order valence-electron chi connectivity index (χ4n) is 8.08. The molecule has 0 saturated heterocycles. The molecule has 0 radical (unpaired) electrons. The highest BCUT2D eigenvalue weighted by atomic mass is 15.2. The summed E-state index contributed by atoms with van der Waals surface area (Å²) < 4.78 is 9.22. The van der Waals surface area contributed by atoms with Gasteiger partial charge in [-0.25, -0.2) is 9.97 Å². The molecule has 6 heteroatoms. The van der Waals surface area contributed by atoms with Gasteiger partial charge in [-0.15, -0.1) is 0 Å². The summed E-state index contributed by atoms with van der Waals surface area (Å²) in [5.74, 6) is 1.52. The minimum Gasteiger partial charge on any atom is -0.295 e. The molecule has 6 aromatic carbocycles. The maximum Gasteiger partial charge on any atom is 0.157 e. The number of fused-ring (bicyclic) bond motifs is 10. The van der Waals surface area contributed by atoms with Crippen LogP contribution < -0.4 is 0 Å². The monoisotopic (exact) mass is 640 g/mol. The second-order valence-electron chi connectivity index (χ2n) is 12.7. The summed E-state index contributed by atoms with van der Waals surface area (Å²) in [5, 5.41) is 7.20. The van der Waals surface area contributed by atoms with E-state index in [4.69, 9.17) is 9.97 Å². The van der Waals surface area contributed by atoms with Crippen molar-refractivity contribution in [3.05, 3.63) is 170 Å². The first-order chi connectivity index (χ1) is 24.9. The highest BCUT2D eigenvalue weighted by Crippen LogP contribution is 2.42. The van der Waals surface area contributed by atoms with E-state index in [2.05, 4.69) is 176 Å². The van der Waals surface area contributed by atoms with Crippen molar-refractivity contribution in [1.82, 2.24) is 28.2 Å². The Morgan fingerprint density at radius 3 is 0.940 bits per heavy atom. The van der Waals surface area contributed by atoms with Gasteiger partial charge in [0, 0.05) is 43.7 Å². The maximum atomic E-state index is 5.21. The fourth-order valence-corrected chi connectivity index (χ4v) is 8.08. The van der Waals surface area contributed by atoms with Crippen LogP contribution in [0.2, 0.25) is 0 Å². The number of hydrogen-bond acceptors (Lipinski definition) is 2. The van der Waals surface area contributed by atoms with Crippen LogP contribution >= 0.6 is 0 Å². The molecule has 234 valence electrons. The second kappa shape index (κ2) is 10.3. The van der Waals surface area contributed by atoms with Gasteiger partial charge in [0.15, 0.2) is 11.6 Å². The van der Waals surface area contributed by atoms with E-state index >= 15 is 0 Å². The van der Waals surface area contributed by atoms with Gasteiger partial charge in [0.25, 0.3) is 0 Å². The molecule has 0 aliphatic rings. The Hall–Kier alpha value is -6.92. The van der Waals surface area contributed by atoms with Crippen molar-refractivity contribution in [2.45, 2.75) is 0 Å². The molecule has 11 aromatic rings. The lowest BCUT2D eigenvalue weighted by Gasteiger charge is -2.14. The van der Waals surface area contributed by atoms with Crippen molar-refractivity contribution in [2.75, 3.05) is 0 Å². The minimum absolute atomic E-state index is 0.760. The zero-order valence-electron chi connectivity index (χ0n) is 26.8. The van der Waals surface area contributed by atoms with Gasteiger partial charge in [0.05, 0.1) is 34.5 Å². The van der Waals surface area contributed by atoms with Crippen molar-refractivity contribution in [3.63, 3.8) is 0 Å². The molecular weight excluding hydrogens is 613 g/mol. The van der Waals surface area contributed by atoms with Crippen LogP contribution in [0, 0.1) is 0 Å². The molecular formula is C44H28N6. The molecule has 0 saturated carbocycles. The maximum absolute atomic E-state index is 5.21. The number of aromatic nitrogens is 6. The third kappa shape index (κ3) is 3.62. The fraction of sp³-hybridized carbons (Fsp3) is 0. The number of rotatable bonds is 4. The first-order valence-corrected chi connectivity index (χ1v) is 16.9. The Bertz CT molecular complexity index is 2860. The molecule has 0 unspecified atom stereocenters. The summed E-state index contributed by atoms with van der Waals surface area (Å²) in [6, 6.07) is 55.6. The van der Waals surface area contributed by atoms with Crippen LogP contribution in [0.5, 0.6) is 0 Å². The van der Waals surface area contributed by atoms with E-state index in [9.17, 15) is 0 Å². The zero-order valence-corrected chi connectivity index (χ0v) is 26.8. The highest BCUT2D eigenvalue weighted by Gasteiger charge is 2.24. The summed E-state index contributed by atoms with van der Waals surface area (Å²) in [4.78, 5) is 10.4. The van der Waals surface area contributed by atoms with Gasteiger partial charge in [0.1, 0.15) is 11.3 Å². The minimum atomic E-state index is 0.760. The number of para-hydroxylation sites is 6. The molecule has 0 spiro atoms. The molecule has 0 aliphatic carbocycles. The summed E-state index contributed by atoms with van der Waals surface area (Å²) in [6.45, 7) is 0. The van der Waals surface area contributed by atoms with Gasteiger partial charge >= 0.3 is 0 Å². The molecule has 0 N–H and O–H groups in total. The van der Waals surface area contributed by atoms with Crippen molar-refractivity contribution in [2.24, 2.45) is 0 Å². The summed E-state index contributed by atoms with van der Waals surface area (Å²) in [5.41, 5.74) is 8.83. The molecule has 0 fully saturated rings. The molecule has 0 atom stereocenters. The SMILES string of the molecule is c1ccc(-n2c3ccccc3c3c4ccccc4n(-c4cnc(-n5c6ccccc6c6c7ccccc7n(-c7ccccc7)c65)cn4)c32)cc1. The number of benzene rings is 6. The third-order valence-corrected chi connectivity index (χ3v) is 10.1. The predicted octanol–water partition coefficient (Wildman–Crippen LogP) is 10.6. The van der Waals surface area contributed by atoms with E-state index in [1.54, 1.807) is 0 Å². The quantitative estimate of drug-likeness (QED) is 0.192. The molecule has 5 aromatic heterocycles. The van der Waals surface area contributed by atoms with Gasteiger partial charge in [-0.2, -0.15) is 0 Å². The van der Waals surface area contributed by atoms with Gasteiger partial charge in [-0.3, -0.25) is 18.3 Å². The van der Waals surface area contributed by atoms with Crippen LogP contribution in [0.3, 0.4) is 0 Å². The molecule has 50 heavy (non-hydrogen) atoms. The van der Waals surface area contributed by atoms with E-state index in [0.29, 0.717) is 0 Å². The summed E-state index contributed by atoms with van der Waals surface area (Å²) in [6.07, 6.45) is 3.84. The third-order valence-electron chi connectivity index (χ3n) is 10.1.